The summed E-state index contributed by atoms with van der Waals surface area (Å²) in [5.74, 6) is -0.0738. The summed E-state index contributed by atoms with van der Waals surface area (Å²) >= 11 is 1.64. The maximum atomic E-state index is 11.9. The number of amides is 1. The number of carbonyl (C=O) groups is 1. The summed E-state index contributed by atoms with van der Waals surface area (Å²) in [6, 6.07) is 4.03. The molecule has 3 N–H and O–H groups in total. The Morgan fingerprint density at radius 3 is 2.88 bits per heavy atom. The lowest BCUT2D eigenvalue weighted by molar-refractivity contribution is -0.126. The standard InChI is InChI=1S/C12H20N2OS/c1-4-7-12(3,13)11(15)14-9(2)10-6-5-8-16-10/h5-6,8-9H,4,7,13H2,1-3H3,(H,14,15)/t9-,12?/m1/s1. The van der Waals surface area contributed by atoms with E-state index in [2.05, 4.69) is 5.32 Å². The molecule has 1 aromatic heterocycles. The van der Waals surface area contributed by atoms with E-state index in [0.717, 1.165) is 11.3 Å². The lowest BCUT2D eigenvalue weighted by Gasteiger charge is -2.25. The van der Waals surface area contributed by atoms with Crippen LogP contribution in [-0.4, -0.2) is 11.4 Å². The fourth-order valence-corrected chi connectivity index (χ4v) is 2.34. The van der Waals surface area contributed by atoms with Crippen molar-refractivity contribution in [3.63, 3.8) is 0 Å². The van der Waals surface area contributed by atoms with Crippen LogP contribution in [0.3, 0.4) is 0 Å². The van der Waals surface area contributed by atoms with E-state index in [4.69, 9.17) is 5.73 Å². The van der Waals surface area contributed by atoms with Crippen LogP contribution in [0.5, 0.6) is 0 Å². The highest BCUT2D eigenvalue weighted by Crippen LogP contribution is 2.19. The maximum Gasteiger partial charge on any atom is 0.240 e. The molecule has 2 atom stereocenters. The maximum absolute atomic E-state index is 11.9. The van der Waals surface area contributed by atoms with E-state index in [-0.39, 0.29) is 11.9 Å². The van der Waals surface area contributed by atoms with Crippen LogP contribution in [0, 0.1) is 0 Å². The molecule has 1 aromatic rings. The van der Waals surface area contributed by atoms with E-state index < -0.39 is 5.54 Å². The van der Waals surface area contributed by atoms with Gasteiger partial charge >= 0.3 is 0 Å². The first-order chi connectivity index (χ1) is 7.47. The summed E-state index contributed by atoms with van der Waals surface area (Å²) in [7, 11) is 0. The molecule has 0 aliphatic rings. The Morgan fingerprint density at radius 1 is 1.69 bits per heavy atom. The molecule has 90 valence electrons. The van der Waals surface area contributed by atoms with E-state index in [1.54, 1.807) is 18.3 Å². The third-order valence-electron chi connectivity index (χ3n) is 2.61. The van der Waals surface area contributed by atoms with Crippen LogP contribution in [0.4, 0.5) is 0 Å². The van der Waals surface area contributed by atoms with E-state index in [9.17, 15) is 4.79 Å². The molecule has 1 unspecified atom stereocenters. The zero-order valence-electron chi connectivity index (χ0n) is 10.1. The van der Waals surface area contributed by atoms with Crippen molar-refractivity contribution >= 4 is 17.2 Å². The Morgan fingerprint density at radius 2 is 2.38 bits per heavy atom. The Kier molecular flexibility index (Phi) is 4.50. The van der Waals surface area contributed by atoms with Gasteiger partial charge in [-0.05, 0) is 31.7 Å². The van der Waals surface area contributed by atoms with Gasteiger partial charge in [0.15, 0.2) is 0 Å². The number of nitrogens with two attached hydrogens (primary N) is 1. The highest BCUT2D eigenvalue weighted by Gasteiger charge is 2.28. The van der Waals surface area contributed by atoms with Gasteiger partial charge < -0.3 is 11.1 Å². The van der Waals surface area contributed by atoms with Crippen molar-refractivity contribution in [3.8, 4) is 0 Å². The number of hydrogen-bond donors (Lipinski definition) is 2. The van der Waals surface area contributed by atoms with Crippen LogP contribution in [0.1, 0.15) is 44.5 Å². The number of hydrogen-bond acceptors (Lipinski definition) is 3. The number of thiophene rings is 1. The Bertz CT molecular complexity index is 333. The predicted octanol–water partition coefficient (Wildman–Crippen LogP) is 2.44. The molecular formula is C12H20N2OS. The van der Waals surface area contributed by atoms with Crippen LogP contribution >= 0.6 is 11.3 Å². The molecule has 4 heteroatoms. The van der Waals surface area contributed by atoms with Crippen molar-refractivity contribution in [1.29, 1.82) is 0 Å². The second-order valence-corrected chi connectivity index (χ2v) is 5.36. The van der Waals surface area contributed by atoms with E-state index in [1.165, 1.54) is 0 Å². The van der Waals surface area contributed by atoms with E-state index in [0.29, 0.717) is 6.42 Å². The molecule has 0 saturated heterocycles. The molecule has 1 amide bonds. The monoisotopic (exact) mass is 240 g/mol. The molecule has 0 aliphatic carbocycles. The Hall–Kier alpha value is -0.870. The highest BCUT2D eigenvalue weighted by molar-refractivity contribution is 7.10. The molecule has 0 spiro atoms. The fourth-order valence-electron chi connectivity index (χ4n) is 1.60. The molecule has 3 nitrogen and oxygen atoms in total. The predicted molar refractivity (Wildman–Crippen MR) is 68.4 cm³/mol. The van der Waals surface area contributed by atoms with E-state index in [1.807, 2.05) is 31.4 Å². The van der Waals surface area contributed by atoms with Crippen LogP contribution < -0.4 is 11.1 Å². The summed E-state index contributed by atoms with van der Waals surface area (Å²) in [5.41, 5.74) is 5.20. The molecule has 0 fully saturated rings. The first kappa shape index (κ1) is 13.2. The van der Waals surface area contributed by atoms with Crippen LogP contribution in [0.25, 0.3) is 0 Å². The Balaban J connectivity index is 2.57. The minimum Gasteiger partial charge on any atom is -0.347 e. The van der Waals surface area contributed by atoms with Crippen molar-refractivity contribution in [3.05, 3.63) is 22.4 Å². The third-order valence-corrected chi connectivity index (χ3v) is 3.66. The van der Waals surface area contributed by atoms with Gasteiger partial charge in [0.05, 0.1) is 11.6 Å². The molecular weight excluding hydrogens is 220 g/mol. The number of rotatable bonds is 5. The number of nitrogens with one attached hydrogen (secondary N) is 1. The summed E-state index contributed by atoms with van der Waals surface area (Å²) in [4.78, 5) is 13.1. The van der Waals surface area contributed by atoms with Crippen molar-refractivity contribution < 1.29 is 4.79 Å². The van der Waals surface area contributed by atoms with Crippen molar-refractivity contribution in [2.45, 2.75) is 45.2 Å². The second-order valence-electron chi connectivity index (χ2n) is 4.38. The normalized spacial score (nSPS) is 16.5. The van der Waals surface area contributed by atoms with Crippen molar-refractivity contribution in [1.82, 2.24) is 5.32 Å². The SMILES string of the molecule is CCCC(C)(N)C(=O)N[C@H](C)c1cccs1. The lowest BCUT2D eigenvalue weighted by Crippen LogP contribution is -2.51. The van der Waals surface area contributed by atoms with Crippen LogP contribution in [0.2, 0.25) is 0 Å². The van der Waals surface area contributed by atoms with Crippen LogP contribution in [-0.2, 0) is 4.79 Å². The van der Waals surface area contributed by atoms with Gasteiger partial charge in [-0.3, -0.25) is 4.79 Å². The molecule has 1 rings (SSSR count). The molecule has 0 aromatic carbocycles. The highest BCUT2D eigenvalue weighted by atomic mass is 32.1. The molecule has 1 heterocycles. The molecule has 0 saturated carbocycles. The second kappa shape index (κ2) is 5.46. The molecule has 16 heavy (non-hydrogen) atoms. The third kappa shape index (κ3) is 3.32. The molecule has 0 radical (unpaired) electrons. The lowest BCUT2D eigenvalue weighted by atomic mass is 9.96. The first-order valence-corrected chi connectivity index (χ1v) is 6.48. The zero-order valence-corrected chi connectivity index (χ0v) is 10.9. The summed E-state index contributed by atoms with van der Waals surface area (Å²) in [5, 5.41) is 4.96. The number of carbonyl (C=O) groups excluding carboxylic acids is 1. The van der Waals surface area contributed by atoms with Gasteiger partial charge in [-0.1, -0.05) is 19.4 Å². The minimum absolute atomic E-state index is 0.0345. The van der Waals surface area contributed by atoms with Gasteiger partial charge in [0.2, 0.25) is 5.91 Å². The average molecular weight is 240 g/mol. The van der Waals surface area contributed by atoms with Gasteiger partial charge in [-0.25, -0.2) is 0 Å². The van der Waals surface area contributed by atoms with Crippen LogP contribution in [0.15, 0.2) is 17.5 Å². The zero-order chi connectivity index (χ0) is 12.2. The van der Waals surface area contributed by atoms with Crippen molar-refractivity contribution in [2.75, 3.05) is 0 Å². The summed E-state index contributed by atoms with van der Waals surface area (Å²) in [6.45, 7) is 5.79. The first-order valence-electron chi connectivity index (χ1n) is 5.60. The van der Waals surface area contributed by atoms with Gasteiger partial charge in [0, 0.05) is 4.88 Å². The Labute approximate surface area is 101 Å². The van der Waals surface area contributed by atoms with Gasteiger partial charge in [-0.15, -0.1) is 11.3 Å². The van der Waals surface area contributed by atoms with Crippen molar-refractivity contribution in [2.24, 2.45) is 5.73 Å². The minimum atomic E-state index is -0.764. The topological polar surface area (TPSA) is 55.1 Å². The fraction of sp³-hybridized carbons (Fsp3) is 0.583. The van der Waals surface area contributed by atoms with Gasteiger partial charge in [-0.2, -0.15) is 0 Å². The molecule has 0 aliphatic heterocycles. The molecule has 0 bridgehead atoms. The van der Waals surface area contributed by atoms with Gasteiger partial charge in [0.1, 0.15) is 0 Å². The smallest absolute Gasteiger partial charge is 0.240 e. The summed E-state index contributed by atoms with van der Waals surface area (Å²) in [6.07, 6.45) is 1.61. The quantitative estimate of drug-likeness (QED) is 0.830. The largest absolute Gasteiger partial charge is 0.347 e. The van der Waals surface area contributed by atoms with Gasteiger partial charge in [0.25, 0.3) is 0 Å². The summed E-state index contributed by atoms with van der Waals surface area (Å²) < 4.78 is 0. The van der Waals surface area contributed by atoms with E-state index >= 15 is 0 Å². The average Bonchev–Trinajstić information content (AvgIpc) is 2.70.